The van der Waals surface area contributed by atoms with Crippen LogP contribution in [-0.2, 0) is 7.05 Å². The molecule has 1 aromatic heterocycles. The van der Waals surface area contributed by atoms with E-state index in [1.165, 1.54) is 18.5 Å². The molecule has 0 spiro atoms. The maximum Gasteiger partial charge on any atom is 0.0549 e. The van der Waals surface area contributed by atoms with Crippen molar-refractivity contribution < 1.29 is 0 Å². The molecule has 1 aliphatic rings. The van der Waals surface area contributed by atoms with Gasteiger partial charge in [0.15, 0.2) is 0 Å². The first-order valence-electron chi connectivity index (χ1n) is 6.05. The molecule has 2 atom stereocenters. The quantitative estimate of drug-likeness (QED) is 0.813. The Bertz CT molecular complexity index is 343. The van der Waals surface area contributed by atoms with Gasteiger partial charge in [-0.1, -0.05) is 0 Å². The molecule has 2 unspecified atom stereocenters. The zero-order chi connectivity index (χ0) is 11.7. The monoisotopic (exact) mass is 222 g/mol. The summed E-state index contributed by atoms with van der Waals surface area (Å²) in [5.74, 6) is 0.811. The lowest BCUT2D eigenvalue weighted by Crippen LogP contribution is -2.41. The maximum absolute atomic E-state index is 5.88. The topological polar surface area (TPSA) is 47.1 Å². The second-order valence-electron chi connectivity index (χ2n) is 4.86. The van der Waals surface area contributed by atoms with Gasteiger partial charge in [-0.15, -0.1) is 0 Å². The van der Waals surface area contributed by atoms with Gasteiger partial charge in [0.25, 0.3) is 0 Å². The number of aromatic nitrogens is 2. The second kappa shape index (κ2) is 4.55. The molecule has 0 amide bonds. The molecule has 0 saturated heterocycles. The zero-order valence-corrected chi connectivity index (χ0v) is 10.4. The number of aryl methyl sites for hydroxylation is 1. The minimum atomic E-state index is 0.377. The first kappa shape index (κ1) is 11.6. The maximum atomic E-state index is 5.88. The van der Waals surface area contributed by atoms with Gasteiger partial charge in [0.1, 0.15) is 0 Å². The van der Waals surface area contributed by atoms with Gasteiger partial charge in [-0.2, -0.15) is 5.10 Å². The predicted octanol–water partition coefficient (Wildman–Crippen LogP) is 1.15. The van der Waals surface area contributed by atoms with Crippen LogP contribution in [0.25, 0.3) is 0 Å². The molecule has 16 heavy (non-hydrogen) atoms. The van der Waals surface area contributed by atoms with Gasteiger partial charge in [0.05, 0.1) is 5.69 Å². The van der Waals surface area contributed by atoms with Crippen molar-refractivity contribution in [3.8, 4) is 0 Å². The van der Waals surface area contributed by atoms with Gasteiger partial charge in [-0.05, 0) is 38.8 Å². The summed E-state index contributed by atoms with van der Waals surface area (Å²) in [6.07, 6.45) is 4.53. The van der Waals surface area contributed by atoms with E-state index in [9.17, 15) is 0 Å². The molecule has 2 N–H and O–H groups in total. The summed E-state index contributed by atoms with van der Waals surface area (Å²) < 4.78 is 1.95. The fraction of sp³-hybridized carbons (Fsp3) is 0.750. The molecule has 1 aromatic rings. The molecular weight excluding hydrogens is 200 g/mol. The third kappa shape index (κ3) is 2.13. The first-order chi connectivity index (χ1) is 7.65. The van der Waals surface area contributed by atoms with Crippen LogP contribution in [0.2, 0.25) is 0 Å². The van der Waals surface area contributed by atoms with Crippen LogP contribution >= 0.6 is 0 Å². The van der Waals surface area contributed by atoms with Crippen molar-refractivity contribution in [3.63, 3.8) is 0 Å². The summed E-state index contributed by atoms with van der Waals surface area (Å²) >= 11 is 0. The van der Waals surface area contributed by atoms with Gasteiger partial charge < -0.3 is 5.73 Å². The Morgan fingerprint density at radius 2 is 2.31 bits per heavy atom. The average Bonchev–Trinajstić information content (AvgIpc) is 3.01. The highest BCUT2D eigenvalue weighted by Gasteiger charge is 2.35. The van der Waals surface area contributed by atoms with Crippen LogP contribution in [0, 0.1) is 5.92 Å². The lowest BCUT2D eigenvalue weighted by Gasteiger charge is -2.32. The van der Waals surface area contributed by atoms with Crippen LogP contribution < -0.4 is 5.73 Å². The van der Waals surface area contributed by atoms with Crippen LogP contribution in [-0.4, -0.2) is 34.3 Å². The minimum Gasteiger partial charge on any atom is -0.329 e. The van der Waals surface area contributed by atoms with Crippen molar-refractivity contribution in [2.45, 2.75) is 31.8 Å². The largest absolute Gasteiger partial charge is 0.329 e. The number of likely N-dealkylation sites (N-methyl/N-ethyl adjacent to an activating group) is 1. The number of hydrogen-bond acceptors (Lipinski definition) is 3. The minimum absolute atomic E-state index is 0.377. The van der Waals surface area contributed by atoms with Crippen molar-refractivity contribution in [1.29, 1.82) is 0 Å². The number of rotatable bonds is 5. The number of hydrogen-bond donors (Lipinski definition) is 1. The van der Waals surface area contributed by atoms with Crippen LogP contribution in [0.3, 0.4) is 0 Å². The molecular formula is C12H22N4. The highest BCUT2D eigenvalue weighted by atomic mass is 15.3. The molecule has 0 bridgehead atoms. The van der Waals surface area contributed by atoms with E-state index >= 15 is 0 Å². The summed E-state index contributed by atoms with van der Waals surface area (Å²) in [4.78, 5) is 2.40. The molecule has 4 nitrogen and oxygen atoms in total. The van der Waals surface area contributed by atoms with E-state index in [4.69, 9.17) is 5.73 Å². The molecule has 4 heteroatoms. The second-order valence-corrected chi connectivity index (χ2v) is 4.86. The van der Waals surface area contributed by atoms with Crippen LogP contribution in [0.5, 0.6) is 0 Å². The number of nitrogens with zero attached hydrogens (tertiary/aromatic N) is 3. The van der Waals surface area contributed by atoms with Gasteiger partial charge in [-0.25, -0.2) is 0 Å². The summed E-state index contributed by atoms with van der Waals surface area (Å²) in [5, 5.41) is 4.22. The molecule has 1 fully saturated rings. The van der Waals surface area contributed by atoms with Crippen LogP contribution in [0.1, 0.15) is 31.5 Å². The Labute approximate surface area is 97.4 Å². The summed E-state index contributed by atoms with van der Waals surface area (Å²) in [5.41, 5.74) is 7.13. The normalized spacial score (nSPS) is 20.1. The Morgan fingerprint density at radius 1 is 1.62 bits per heavy atom. The van der Waals surface area contributed by atoms with Crippen molar-refractivity contribution >= 4 is 0 Å². The standard InChI is InChI=1S/C12H22N4/c1-9(11-6-7-14-16(11)3)15(2)12(8-13)10-4-5-10/h6-7,9-10,12H,4-5,8,13H2,1-3H3. The third-order valence-corrected chi connectivity index (χ3v) is 3.83. The van der Waals surface area contributed by atoms with Crippen LogP contribution in [0.4, 0.5) is 0 Å². The predicted molar refractivity (Wildman–Crippen MR) is 65.0 cm³/mol. The number of nitrogens with two attached hydrogens (primary N) is 1. The Balaban J connectivity index is 2.08. The summed E-state index contributed by atoms with van der Waals surface area (Å²) in [6, 6.07) is 2.98. The van der Waals surface area contributed by atoms with Gasteiger partial charge >= 0.3 is 0 Å². The molecule has 1 heterocycles. The Morgan fingerprint density at radius 3 is 2.75 bits per heavy atom. The van der Waals surface area contributed by atoms with Crippen molar-refractivity contribution in [2.24, 2.45) is 18.7 Å². The average molecular weight is 222 g/mol. The molecule has 1 saturated carbocycles. The molecule has 0 radical (unpaired) electrons. The Hall–Kier alpha value is -0.870. The van der Waals surface area contributed by atoms with Gasteiger partial charge in [0, 0.05) is 31.9 Å². The van der Waals surface area contributed by atoms with E-state index in [1.54, 1.807) is 0 Å². The summed E-state index contributed by atoms with van der Waals surface area (Å²) in [6.45, 7) is 2.98. The van der Waals surface area contributed by atoms with Crippen molar-refractivity contribution in [1.82, 2.24) is 14.7 Å². The van der Waals surface area contributed by atoms with E-state index < -0.39 is 0 Å². The smallest absolute Gasteiger partial charge is 0.0549 e. The Kier molecular flexibility index (Phi) is 3.30. The van der Waals surface area contributed by atoms with Gasteiger partial charge in [0.2, 0.25) is 0 Å². The lowest BCUT2D eigenvalue weighted by atomic mass is 10.1. The van der Waals surface area contributed by atoms with Gasteiger partial charge in [-0.3, -0.25) is 9.58 Å². The first-order valence-corrected chi connectivity index (χ1v) is 6.05. The highest BCUT2D eigenvalue weighted by Crippen LogP contribution is 2.37. The van der Waals surface area contributed by atoms with E-state index in [0.717, 1.165) is 12.5 Å². The fourth-order valence-corrected chi connectivity index (χ4v) is 2.46. The third-order valence-electron chi connectivity index (χ3n) is 3.83. The summed E-state index contributed by atoms with van der Waals surface area (Å²) in [7, 11) is 4.17. The van der Waals surface area contributed by atoms with Crippen molar-refractivity contribution in [2.75, 3.05) is 13.6 Å². The SMILES string of the molecule is CC(c1ccnn1C)N(C)C(CN)C1CC1. The molecule has 0 aliphatic heterocycles. The van der Waals surface area contributed by atoms with E-state index in [2.05, 4.69) is 30.0 Å². The van der Waals surface area contributed by atoms with E-state index in [1.807, 2.05) is 17.9 Å². The molecule has 0 aromatic carbocycles. The van der Waals surface area contributed by atoms with Crippen molar-refractivity contribution in [3.05, 3.63) is 18.0 Å². The molecule has 2 rings (SSSR count). The van der Waals surface area contributed by atoms with E-state index in [-0.39, 0.29) is 0 Å². The molecule has 90 valence electrons. The van der Waals surface area contributed by atoms with Crippen LogP contribution in [0.15, 0.2) is 12.3 Å². The molecule has 1 aliphatic carbocycles. The van der Waals surface area contributed by atoms with E-state index in [0.29, 0.717) is 12.1 Å². The highest BCUT2D eigenvalue weighted by molar-refractivity contribution is 5.07. The fourth-order valence-electron chi connectivity index (χ4n) is 2.46. The zero-order valence-electron chi connectivity index (χ0n) is 10.4. The lowest BCUT2D eigenvalue weighted by molar-refractivity contribution is 0.164.